The van der Waals surface area contributed by atoms with E-state index in [9.17, 15) is 10.1 Å². The first kappa shape index (κ1) is 25.4. The summed E-state index contributed by atoms with van der Waals surface area (Å²) in [5.74, 6) is 0.0577. The Morgan fingerprint density at radius 1 is 0.947 bits per heavy atom. The fraction of sp³-hybridized carbons (Fsp3) is 0.312. The molecule has 0 aliphatic carbocycles. The summed E-state index contributed by atoms with van der Waals surface area (Å²) in [5.41, 5.74) is 7.71. The number of hydrogen-bond acceptors (Lipinski definition) is 5. The fourth-order valence-electron chi connectivity index (χ4n) is 5.59. The summed E-state index contributed by atoms with van der Waals surface area (Å²) in [6.07, 6.45) is 1.94. The molecule has 0 saturated carbocycles. The van der Waals surface area contributed by atoms with Crippen molar-refractivity contribution in [3.8, 4) is 6.07 Å². The van der Waals surface area contributed by atoms with Crippen LogP contribution in [0.15, 0.2) is 79.0 Å². The number of aryl methyl sites for hydroxylation is 2. The molecule has 6 heteroatoms. The molecule has 3 aromatic rings. The van der Waals surface area contributed by atoms with Crippen LogP contribution in [-0.2, 0) is 0 Å². The van der Waals surface area contributed by atoms with Gasteiger partial charge in [-0.2, -0.15) is 5.26 Å². The van der Waals surface area contributed by atoms with Crippen molar-refractivity contribution in [1.29, 1.82) is 5.26 Å². The lowest BCUT2D eigenvalue weighted by Crippen LogP contribution is -2.47. The highest BCUT2D eigenvalue weighted by molar-refractivity contribution is 5.97. The average Bonchev–Trinajstić information content (AvgIpc) is 2.95. The third-order valence-corrected chi connectivity index (χ3v) is 7.73. The molecule has 38 heavy (non-hydrogen) atoms. The van der Waals surface area contributed by atoms with E-state index < -0.39 is 0 Å². The minimum atomic E-state index is 0.0577. The number of nitrogens with one attached hydrogen (secondary N) is 1. The maximum absolute atomic E-state index is 13.6. The number of para-hydroxylation sites is 2. The lowest BCUT2D eigenvalue weighted by atomic mass is 9.99. The number of nitrogens with zero attached hydrogens (tertiary/aromatic N) is 4. The minimum absolute atomic E-state index is 0.0577. The monoisotopic (exact) mass is 505 g/mol. The molecule has 2 aliphatic rings. The molecule has 2 fully saturated rings. The number of anilines is 3. The van der Waals surface area contributed by atoms with Crippen LogP contribution in [0.4, 0.5) is 17.1 Å². The van der Waals surface area contributed by atoms with E-state index in [1.54, 1.807) is 0 Å². The second kappa shape index (κ2) is 11.0. The Bertz CT molecular complexity index is 1370. The van der Waals surface area contributed by atoms with Crippen molar-refractivity contribution >= 4 is 23.0 Å². The Balaban J connectivity index is 1.25. The van der Waals surface area contributed by atoms with E-state index in [2.05, 4.69) is 52.9 Å². The van der Waals surface area contributed by atoms with Gasteiger partial charge in [0.15, 0.2) is 0 Å². The Morgan fingerprint density at radius 3 is 2.37 bits per heavy atom. The van der Waals surface area contributed by atoms with Crippen LogP contribution in [-0.4, -0.2) is 49.6 Å². The summed E-state index contributed by atoms with van der Waals surface area (Å²) in [6.45, 7) is 12.1. The molecule has 5 rings (SSSR count). The van der Waals surface area contributed by atoms with E-state index in [1.807, 2.05) is 60.4 Å². The van der Waals surface area contributed by atoms with Crippen LogP contribution in [0.2, 0.25) is 0 Å². The molecule has 0 radical (unpaired) electrons. The summed E-state index contributed by atoms with van der Waals surface area (Å²) < 4.78 is 0. The number of benzene rings is 3. The molecule has 0 bridgehead atoms. The SMILES string of the molecule is C=C1CN(C(=O)c2cc(NC3CCN(c4ccccc4C#N)CC3)c(C)cc2C)CCN1c1ccccc1. The van der Waals surface area contributed by atoms with E-state index in [-0.39, 0.29) is 5.91 Å². The van der Waals surface area contributed by atoms with Crippen molar-refractivity contribution in [2.75, 3.05) is 47.8 Å². The predicted octanol–water partition coefficient (Wildman–Crippen LogP) is 5.73. The first-order valence-corrected chi connectivity index (χ1v) is 13.4. The lowest BCUT2D eigenvalue weighted by molar-refractivity contribution is 0.0761. The number of piperazine rings is 1. The van der Waals surface area contributed by atoms with E-state index in [0.717, 1.165) is 77.5 Å². The lowest BCUT2D eigenvalue weighted by Gasteiger charge is -2.38. The third kappa shape index (κ3) is 5.24. The summed E-state index contributed by atoms with van der Waals surface area (Å²) in [6, 6.07) is 24.8. The number of piperidine rings is 1. The Hall–Kier alpha value is -4.24. The maximum atomic E-state index is 13.6. The van der Waals surface area contributed by atoms with Crippen molar-refractivity contribution in [3.05, 3.63) is 101 Å². The second-order valence-electron chi connectivity index (χ2n) is 10.3. The number of amides is 1. The van der Waals surface area contributed by atoms with Crippen LogP contribution >= 0.6 is 0 Å². The van der Waals surface area contributed by atoms with Crippen LogP contribution in [0.25, 0.3) is 0 Å². The Labute approximate surface area is 225 Å². The van der Waals surface area contributed by atoms with Crippen molar-refractivity contribution in [3.63, 3.8) is 0 Å². The van der Waals surface area contributed by atoms with Crippen LogP contribution in [0, 0.1) is 25.2 Å². The van der Waals surface area contributed by atoms with E-state index in [1.165, 1.54) is 0 Å². The number of hydrogen-bond donors (Lipinski definition) is 1. The largest absolute Gasteiger partial charge is 0.382 e. The maximum Gasteiger partial charge on any atom is 0.254 e. The molecule has 0 aromatic heterocycles. The molecule has 0 atom stereocenters. The van der Waals surface area contributed by atoms with Crippen molar-refractivity contribution in [2.24, 2.45) is 0 Å². The summed E-state index contributed by atoms with van der Waals surface area (Å²) in [5, 5.41) is 13.2. The predicted molar refractivity (Wildman–Crippen MR) is 155 cm³/mol. The first-order chi connectivity index (χ1) is 18.4. The summed E-state index contributed by atoms with van der Waals surface area (Å²) in [7, 11) is 0. The molecule has 2 aliphatic heterocycles. The van der Waals surface area contributed by atoms with Gasteiger partial charge in [-0.1, -0.05) is 43.0 Å². The van der Waals surface area contributed by atoms with Gasteiger partial charge in [-0.25, -0.2) is 0 Å². The van der Waals surface area contributed by atoms with Crippen molar-refractivity contribution in [2.45, 2.75) is 32.7 Å². The zero-order chi connectivity index (χ0) is 26.6. The van der Waals surface area contributed by atoms with Gasteiger partial charge in [0, 0.05) is 54.9 Å². The molecule has 0 spiro atoms. The van der Waals surface area contributed by atoms with Crippen LogP contribution < -0.4 is 15.1 Å². The van der Waals surface area contributed by atoms with Gasteiger partial charge in [0.2, 0.25) is 0 Å². The molecule has 194 valence electrons. The van der Waals surface area contributed by atoms with E-state index in [4.69, 9.17) is 0 Å². The number of carbonyl (C=O) groups excluding carboxylic acids is 1. The minimum Gasteiger partial charge on any atom is -0.382 e. The topological polar surface area (TPSA) is 62.6 Å². The van der Waals surface area contributed by atoms with Gasteiger partial charge in [0.05, 0.1) is 17.8 Å². The van der Waals surface area contributed by atoms with Crippen LogP contribution in [0.3, 0.4) is 0 Å². The van der Waals surface area contributed by atoms with Crippen LogP contribution in [0.1, 0.15) is 39.9 Å². The number of rotatable bonds is 5. The highest BCUT2D eigenvalue weighted by atomic mass is 16.2. The molecule has 1 amide bonds. The van der Waals surface area contributed by atoms with Gasteiger partial charge in [-0.3, -0.25) is 4.79 Å². The van der Waals surface area contributed by atoms with E-state index in [0.29, 0.717) is 19.1 Å². The van der Waals surface area contributed by atoms with Gasteiger partial charge in [0.25, 0.3) is 5.91 Å². The molecule has 2 saturated heterocycles. The molecular weight excluding hydrogens is 470 g/mol. The van der Waals surface area contributed by atoms with Crippen LogP contribution in [0.5, 0.6) is 0 Å². The Morgan fingerprint density at radius 2 is 1.66 bits per heavy atom. The summed E-state index contributed by atoms with van der Waals surface area (Å²) in [4.78, 5) is 20.0. The van der Waals surface area contributed by atoms with Crippen molar-refractivity contribution in [1.82, 2.24) is 4.90 Å². The molecule has 1 N–H and O–H groups in total. The quantitative estimate of drug-likeness (QED) is 0.480. The highest BCUT2D eigenvalue weighted by Crippen LogP contribution is 2.29. The zero-order valence-corrected chi connectivity index (χ0v) is 22.3. The first-order valence-electron chi connectivity index (χ1n) is 13.4. The Kier molecular flexibility index (Phi) is 7.37. The highest BCUT2D eigenvalue weighted by Gasteiger charge is 2.27. The molecule has 6 nitrogen and oxygen atoms in total. The normalized spacial score (nSPS) is 16.3. The van der Waals surface area contributed by atoms with Gasteiger partial charge in [-0.05, 0) is 68.1 Å². The average molecular weight is 506 g/mol. The standard InChI is InChI=1S/C32H35N5O/c1-23-19-24(2)30(34-27-13-15-35(16-14-27)31-12-8-7-9-26(31)21-33)20-29(23)32(38)36-17-18-37(25(3)22-36)28-10-5-4-6-11-28/h4-12,19-20,27,34H,3,13-18,22H2,1-2H3. The van der Waals surface area contributed by atoms with Gasteiger partial charge in [0.1, 0.15) is 6.07 Å². The molecule has 3 aromatic carbocycles. The second-order valence-corrected chi connectivity index (χ2v) is 10.3. The van der Waals surface area contributed by atoms with E-state index >= 15 is 0 Å². The van der Waals surface area contributed by atoms with Crippen molar-refractivity contribution < 1.29 is 4.79 Å². The van der Waals surface area contributed by atoms with Gasteiger partial charge in [-0.15, -0.1) is 0 Å². The molecule has 2 heterocycles. The fourth-order valence-corrected chi connectivity index (χ4v) is 5.59. The number of carbonyl (C=O) groups is 1. The van der Waals surface area contributed by atoms with Gasteiger partial charge >= 0.3 is 0 Å². The third-order valence-electron chi connectivity index (χ3n) is 7.73. The van der Waals surface area contributed by atoms with Gasteiger partial charge < -0.3 is 20.0 Å². The number of nitriles is 1. The smallest absolute Gasteiger partial charge is 0.254 e. The molecular formula is C32H35N5O. The zero-order valence-electron chi connectivity index (χ0n) is 22.3. The molecule has 0 unspecified atom stereocenters. The summed E-state index contributed by atoms with van der Waals surface area (Å²) >= 11 is 0.